The van der Waals surface area contributed by atoms with Crippen LogP contribution in [-0.4, -0.2) is 34.5 Å². The van der Waals surface area contributed by atoms with Crippen molar-refractivity contribution in [3.63, 3.8) is 0 Å². The van der Waals surface area contributed by atoms with Crippen LogP contribution in [0.15, 0.2) is 4.79 Å². The predicted octanol–water partition coefficient (Wildman–Crippen LogP) is 1.64. The summed E-state index contributed by atoms with van der Waals surface area (Å²) in [4.78, 5) is 31.1. The maximum absolute atomic E-state index is 12.6. The number of likely N-dealkylation sites (N-methyl/N-ethyl adjacent to an activating group) is 1. The average Bonchev–Trinajstić information content (AvgIpc) is 2.38. The van der Waals surface area contributed by atoms with Crippen molar-refractivity contribution < 1.29 is 4.79 Å². The van der Waals surface area contributed by atoms with E-state index in [1.165, 1.54) is 0 Å². The average molecular weight is 277 g/mol. The zero-order chi connectivity index (χ0) is 15.0. The summed E-state index contributed by atoms with van der Waals surface area (Å²) in [7, 11) is 3.49. The molecule has 1 aromatic heterocycles. The highest BCUT2D eigenvalue weighted by molar-refractivity contribution is 5.82. The molecule has 1 aliphatic rings. The molecule has 1 aliphatic heterocycles. The molecule has 5 nitrogen and oxygen atoms in total. The van der Waals surface area contributed by atoms with Crippen molar-refractivity contribution >= 4 is 5.91 Å². The van der Waals surface area contributed by atoms with E-state index in [1.54, 1.807) is 23.6 Å². The smallest absolute Gasteiger partial charge is 0.257 e. The van der Waals surface area contributed by atoms with Gasteiger partial charge < -0.3 is 4.90 Å². The summed E-state index contributed by atoms with van der Waals surface area (Å²) < 4.78 is 1.74. The molecule has 2 heterocycles. The van der Waals surface area contributed by atoms with E-state index in [2.05, 4.69) is 4.98 Å². The van der Waals surface area contributed by atoms with E-state index in [9.17, 15) is 9.59 Å². The van der Waals surface area contributed by atoms with Gasteiger partial charge >= 0.3 is 0 Å². The first kappa shape index (κ1) is 14.8. The van der Waals surface area contributed by atoms with E-state index < -0.39 is 0 Å². The van der Waals surface area contributed by atoms with Gasteiger partial charge in [0.05, 0.1) is 5.92 Å². The van der Waals surface area contributed by atoms with E-state index in [4.69, 9.17) is 0 Å². The molecule has 2 unspecified atom stereocenters. The molecule has 20 heavy (non-hydrogen) atoms. The first-order valence-corrected chi connectivity index (χ1v) is 7.21. The van der Waals surface area contributed by atoms with E-state index in [0.29, 0.717) is 12.2 Å². The molecular weight excluding hydrogens is 254 g/mol. The van der Waals surface area contributed by atoms with Crippen molar-refractivity contribution in [1.29, 1.82) is 0 Å². The zero-order valence-electron chi connectivity index (χ0n) is 12.9. The first-order valence-electron chi connectivity index (χ1n) is 7.21. The Balaban J connectivity index is 2.64. The lowest BCUT2D eigenvalue weighted by Crippen LogP contribution is -2.40. The maximum atomic E-state index is 12.6. The molecule has 0 fully saturated rings. The summed E-state index contributed by atoms with van der Waals surface area (Å²) >= 11 is 0. The molecule has 2 rings (SSSR count). The van der Waals surface area contributed by atoms with Crippen molar-refractivity contribution in [2.45, 2.75) is 52.0 Å². The number of carbonyl (C=O) groups is 1. The Bertz CT molecular complexity index is 590. The second-order valence-electron chi connectivity index (χ2n) is 5.77. The molecule has 0 N–H and O–H groups in total. The van der Waals surface area contributed by atoms with Crippen LogP contribution < -0.4 is 5.56 Å². The number of rotatable bonds is 2. The van der Waals surface area contributed by atoms with Gasteiger partial charge in [0.2, 0.25) is 5.91 Å². The molecule has 1 amide bonds. The van der Waals surface area contributed by atoms with Crippen LogP contribution >= 0.6 is 0 Å². The number of hydrogen-bond acceptors (Lipinski definition) is 3. The topological polar surface area (TPSA) is 55.2 Å². The van der Waals surface area contributed by atoms with E-state index >= 15 is 0 Å². The molecule has 2 atom stereocenters. The lowest BCUT2D eigenvalue weighted by atomic mass is 9.92. The van der Waals surface area contributed by atoms with E-state index in [-0.39, 0.29) is 23.4 Å². The Morgan fingerprint density at radius 2 is 2.05 bits per heavy atom. The normalized spacial score (nSPS) is 21.4. The Labute approximate surface area is 119 Å². The van der Waals surface area contributed by atoms with Crippen molar-refractivity contribution in [1.82, 2.24) is 14.5 Å². The molecule has 0 bridgehead atoms. The number of aromatic nitrogens is 2. The maximum Gasteiger partial charge on any atom is 0.257 e. The second kappa shape index (κ2) is 5.38. The van der Waals surface area contributed by atoms with Gasteiger partial charge in [-0.25, -0.2) is 4.98 Å². The van der Waals surface area contributed by atoms with Crippen LogP contribution in [0.1, 0.15) is 55.7 Å². The third kappa shape index (κ3) is 2.25. The monoisotopic (exact) mass is 277 g/mol. The third-order valence-corrected chi connectivity index (χ3v) is 4.16. The lowest BCUT2D eigenvalue weighted by Gasteiger charge is -2.31. The Kier molecular flexibility index (Phi) is 3.97. The van der Waals surface area contributed by atoms with Gasteiger partial charge in [0.15, 0.2) is 0 Å². The zero-order valence-corrected chi connectivity index (χ0v) is 12.9. The van der Waals surface area contributed by atoms with Crippen molar-refractivity contribution in [3.8, 4) is 0 Å². The van der Waals surface area contributed by atoms with Crippen molar-refractivity contribution in [3.05, 3.63) is 27.4 Å². The highest BCUT2D eigenvalue weighted by Crippen LogP contribution is 2.32. The largest absolute Gasteiger partial charge is 0.348 e. The summed E-state index contributed by atoms with van der Waals surface area (Å²) in [6.07, 6.45) is 2.28. The molecule has 0 saturated heterocycles. The van der Waals surface area contributed by atoms with Crippen LogP contribution in [0.5, 0.6) is 0 Å². The van der Waals surface area contributed by atoms with Gasteiger partial charge in [-0.2, -0.15) is 0 Å². The quantitative estimate of drug-likeness (QED) is 0.826. The summed E-state index contributed by atoms with van der Waals surface area (Å²) in [5.74, 6) is 0.377. The molecule has 0 saturated carbocycles. The highest BCUT2D eigenvalue weighted by Gasteiger charge is 2.33. The molecule has 5 heteroatoms. The van der Waals surface area contributed by atoms with Gasteiger partial charge in [0.1, 0.15) is 5.82 Å². The van der Waals surface area contributed by atoms with Gasteiger partial charge in [-0.05, 0) is 33.1 Å². The summed E-state index contributed by atoms with van der Waals surface area (Å²) in [6, 6.07) is 0.113. The molecule has 0 radical (unpaired) electrons. The Hall–Kier alpha value is -1.65. The first-order chi connectivity index (χ1) is 9.38. The van der Waals surface area contributed by atoms with Crippen LogP contribution in [-0.2, 0) is 11.2 Å². The SMILES string of the molecule is CCc1c(C)nc2n(c1=O)C(C)CCC2C(=O)N(C)C. The predicted molar refractivity (Wildman–Crippen MR) is 78.0 cm³/mol. The van der Waals surface area contributed by atoms with Crippen molar-refractivity contribution in [2.75, 3.05) is 14.1 Å². The fourth-order valence-corrected chi connectivity index (χ4v) is 2.99. The van der Waals surface area contributed by atoms with Gasteiger partial charge in [-0.1, -0.05) is 6.92 Å². The molecule has 1 aromatic rings. The van der Waals surface area contributed by atoms with Crippen LogP contribution in [0.2, 0.25) is 0 Å². The van der Waals surface area contributed by atoms with E-state index in [0.717, 1.165) is 24.1 Å². The van der Waals surface area contributed by atoms with Gasteiger partial charge in [0, 0.05) is 31.4 Å². The number of aryl methyl sites for hydroxylation is 1. The van der Waals surface area contributed by atoms with Gasteiger partial charge in [-0.3, -0.25) is 14.2 Å². The Morgan fingerprint density at radius 1 is 1.40 bits per heavy atom. The number of hydrogen-bond donors (Lipinski definition) is 0. The minimum Gasteiger partial charge on any atom is -0.348 e. The van der Waals surface area contributed by atoms with Crippen LogP contribution in [0, 0.1) is 6.92 Å². The van der Waals surface area contributed by atoms with Crippen molar-refractivity contribution in [2.24, 2.45) is 0 Å². The fraction of sp³-hybridized carbons (Fsp3) is 0.667. The number of fused-ring (bicyclic) bond motifs is 1. The summed E-state index contributed by atoms with van der Waals surface area (Å²) in [6.45, 7) is 5.85. The Morgan fingerprint density at radius 3 is 2.60 bits per heavy atom. The van der Waals surface area contributed by atoms with Crippen LogP contribution in [0.25, 0.3) is 0 Å². The number of carbonyl (C=O) groups excluding carboxylic acids is 1. The third-order valence-electron chi connectivity index (χ3n) is 4.16. The molecular formula is C15H23N3O2. The molecule has 0 aromatic carbocycles. The summed E-state index contributed by atoms with van der Waals surface area (Å²) in [5, 5.41) is 0. The number of amides is 1. The molecule has 0 spiro atoms. The van der Waals surface area contributed by atoms with E-state index in [1.807, 2.05) is 20.8 Å². The lowest BCUT2D eigenvalue weighted by molar-refractivity contribution is -0.131. The second-order valence-corrected chi connectivity index (χ2v) is 5.77. The minimum atomic E-state index is -0.293. The highest BCUT2D eigenvalue weighted by atomic mass is 16.2. The van der Waals surface area contributed by atoms with Crippen LogP contribution in [0.4, 0.5) is 0 Å². The van der Waals surface area contributed by atoms with Gasteiger partial charge in [0.25, 0.3) is 5.56 Å². The summed E-state index contributed by atoms with van der Waals surface area (Å²) in [5.41, 5.74) is 1.55. The molecule has 110 valence electrons. The minimum absolute atomic E-state index is 0.0266. The fourth-order valence-electron chi connectivity index (χ4n) is 2.99. The molecule has 0 aliphatic carbocycles. The van der Waals surface area contributed by atoms with Gasteiger partial charge in [-0.15, -0.1) is 0 Å². The standard InChI is InChI=1S/C15H23N3O2/c1-6-11-10(3)16-13-12(14(19)17(4)5)8-7-9(2)18(13)15(11)20/h9,12H,6-8H2,1-5H3. The number of nitrogens with zero attached hydrogens (tertiary/aromatic N) is 3. The van der Waals surface area contributed by atoms with Crippen LogP contribution in [0.3, 0.4) is 0 Å².